The van der Waals surface area contributed by atoms with Crippen molar-refractivity contribution in [3.63, 3.8) is 0 Å². The van der Waals surface area contributed by atoms with Gasteiger partial charge in [-0.2, -0.15) is 0 Å². The molecule has 4 unspecified atom stereocenters. The highest BCUT2D eigenvalue weighted by Crippen LogP contribution is 2.30. The molecule has 2 amide bonds. The summed E-state index contributed by atoms with van der Waals surface area (Å²) in [5.74, 6) is 0.344. The predicted octanol–water partition coefficient (Wildman–Crippen LogP) is 1.35. The lowest BCUT2D eigenvalue weighted by Gasteiger charge is -2.17. The Hall–Kier alpha value is -1.30. The first-order valence-corrected chi connectivity index (χ1v) is 7.46. The molecule has 2 fully saturated rings. The van der Waals surface area contributed by atoms with Crippen LogP contribution in [0.25, 0.3) is 0 Å². The summed E-state index contributed by atoms with van der Waals surface area (Å²) >= 11 is 0. The molecule has 0 spiro atoms. The van der Waals surface area contributed by atoms with E-state index in [9.17, 15) is 9.59 Å². The number of nitrogens with one attached hydrogen (secondary N) is 2. The van der Waals surface area contributed by atoms with Gasteiger partial charge >= 0.3 is 12.0 Å². The number of rotatable bonds is 5. The van der Waals surface area contributed by atoms with E-state index in [4.69, 9.17) is 9.84 Å². The van der Waals surface area contributed by atoms with Gasteiger partial charge in [-0.05, 0) is 31.1 Å². The molecule has 0 aromatic rings. The summed E-state index contributed by atoms with van der Waals surface area (Å²) in [6, 6.07) is -0.188. The molecule has 1 heterocycles. The second-order valence-electron chi connectivity index (χ2n) is 5.92. The predicted molar refractivity (Wildman–Crippen MR) is 73.4 cm³/mol. The van der Waals surface area contributed by atoms with Crippen molar-refractivity contribution >= 4 is 12.0 Å². The van der Waals surface area contributed by atoms with E-state index >= 15 is 0 Å². The zero-order valence-electron chi connectivity index (χ0n) is 11.9. The van der Waals surface area contributed by atoms with Crippen LogP contribution in [-0.4, -0.2) is 42.4 Å². The molecular weight excluding hydrogens is 260 g/mol. The van der Waals surface area contributed by atoms with E-state index in [-0.39, 0.29) is 12.1 Å². The molecule has 2 rings (SSSR count). The van der Waals surface area contributed by atoms with E-state index in [0.717, 1.165) is 6.54 Å². The highest BCUT2D eigenvalue weighted by atomic mass is 16.5. The van der Waals surface area contributed by atoms with Gasteiger partial charge in [0.05, 0.1) is 6.10 Å². The minimum Gasteiger partial charge on any atom is -0.479 e. The van der Waals surface area contributed by atoms with Gasteiger partial charge in [-0.25, -0.2) is 9.59 Å². The van der Waals surface area contributed by atoms with Gasteiger partial charge in [0.2, 0.25) is 0 Å². The molecule has 3 N–H and O–H groups in total. The number of carbonyl (C=O) groups excluding carboxylic acids is 1. The van der Waals surface area contributed by atoms with Crippen LogP contribution in [0, 0.1) is 11.8 Å². The van der Waals surface area contributed by atoms with E-state index < -0.39 is 12.1 Å². The van der Waals surface area contributed by atoms with Crippen LogP contribution in [0.3, 0.4) is 0 Å². The van der Waals surface area contributed by atoms with E-state index in [1.807, 2.05) is 0 Å². The molecule has 114 valence electrons. The van der Waals surface area contributed by atoms with E-state index in [1.54, 1.807) is 0 Å². The van der Waals surface area contributed by atoms with Gasteiger partial charge in [0.15, 0.2) is 6.10 Å². The van der Waals surface area contributed by atoms with Crippen LogP contribution in [0.4, 0.5) is 4.79 Å². The lowest BCUT2D eigenvalue weighted by Crippen LogP contribution is -2.42. The Morgan fingerprint density at radius 2 is 1.90 bits per heavy atom. The summed E-state index contributed by atoms with van der Waals surface area (Å²) in [5.41, 5.74) is 0. The third-order valence-electron chi connectivity index (χ3n) is 4.44. The molecule has 20 heavy (non-hydrogen) atoms. The van der Waals surface area contributed by atoms with Gasteiger partial charge < -0.3 is 20.5 Å². The van der Waals surface area contributed by atoms with Crippen molar-refractivity contribution < 1.29 is 19.4 Å². The summed E-state index contributed by atoms with van der Waals surface area (Å²) in [7, 11) is 0. The second-order valence-corrected chi connectivity index (χ2v) is 5.92. The van der Waals surface area contributed by atoms with Crippen LogP contribution in [0.5, 0.6) is 0 Å². The number of hydrogen-bond donors (Lipinski definition) is 3. The average Bonchev–Trinajstić information content (AvgIpc) is 3.03. The second kappa shape index (κ2) is 6.92. The third-order valence-corrected chi connectivity index (χ3v) is 4.44. The van der Waals surface area contributed by atoms with Crippen molar-refractivity contribution in [2.75, 3.05) is 13.1 Å². The molecular formula is C14H24N2O4. The molecule has 0 aromatic carbocycles. The molecule has 1 aliphatic heterocycles. The fraction of sp³-hybridized carbons (Fsp3) is 0.857. The topological polar surface area (TPSA) is 87.7 Å². The number of amides is 2. The first-order valence-electron chi connectivity index (χ1n) is 7.46. The van der Waals surface area contributed by atoms with E-state index in [2.05, 4.69) is 17.6 Å². The maximum atomic E-state index is 11.7. The van der Waals surface area contributed by atoms with Gasteiger partial charge in [-0.3, -0.25) is 0 Å². The Morgan fingerprint density at radius 1 is 1.15 bits per heavy atom. The number of urea groups is 1. The molecule has 1 saturated carbocycles. The highest BCUT2D eigenvalue weighted by Gasteiger charge is 2.30. The number of ether oxygens (including phenoxy) is 1. The normalized spacial score (nSPS) is 33.0. The largest absolute Gasteiger partial charge is 0.479 e. The standard InChI is InChI=1S/C14H24N2O4/c1-9-3-2-4-10(9)7-15-14(19)16-8-11-5-6-12(20-11)13(17)18/h9-12H,2-8H2,1H3,(H,17,18)(H2,15,16,19). The van der Waals surface area contributed by atoms with Crippen LogP contribution < -0.4 is 10.6 Å². The number of carboxylic acid groups (broad SMARTS) is 1. The third kappa shape index (κ3) is 4.10. The lowest BCUT2D eigenvalue weighted by atomic mass is 9.98. The SMILES string of the molecule is CC1CCCC1CNC(=O)NCC1CCC(C(=O)O)O1. The Kier molecular flexibility index (Phi) is 5.23. The molecule has 6 heteroatoms. The molecule has 1 saturated heterocycles. The summed E-state index contributed by atoms with van der Waals surface area (Å²) < 4.78 is 5.33. The smallest absolute Gasteiger partial charge is 0.332 e. The quantitative estimate of drug-likeness (QED) is 0.711. The van der Waals surface area contributed by atoms with Gasteiger partial charge in [0, 0.05) is 13.1 Å². The van der Waals surface area contributed by atoms with Crippen molar-refractivity contribution in [2.45, 2.75) is 51.2 Å². The van der Waals surface area contributed by atoms with Crippen molar-refractivity contribution in [3.05, 3.63) is 0 Å². The summed E-state index contributed by atoms with van der Waals surface area (Å²) in [6.45, 7) is 3.32. The minimum atomic E-state index is -0.924. The fourth-order valence-corrected chi connectivity index (χ4v) is 3.06. The van der Waals surface area contributed by atoms with Crippen LogP contribution in [0.1, 0.15) is 39.0 Å². The fourth-order valence-electron chi connectivity index (χ4n) is 3.06. The van der Waals surface area contributed by atoms with Gasteiger partial charge in [0.1, 0.15) is 0 Å². The molecule has 1 aliphatic carbocycles. The summed E-state index contributed by atoms with van der Waals surface area (Å²) in [5, 5.41) is 14.5. The van der Waals surface area contributed by atoms with Gasteiger partial charge in [-0.15, -0.1) is 0 Å². The first-order chi connectivity index (χ1) is 9.56. The number of aliphatic carboxylic acids is 1. The van der Waals surface area contributed by atoms with Crippen LogP contribution in [0.15, 0.2) is 0 Å². The van der Waals surface area contributed by atoms with Crippen LogP contribution in [0.2, 0.25) is 0 Å². The first kappa shape index (κ1) is 15.1. The molecule has 0 radical (unpaired) electrons. The zero-order valence-corrected chi connectivity index (χ0v) is 11.9. The Balaban J connectivity index is 1.60. The average molecular weight is 284 g/mol. The lowest BCUT2D eigenvalue weighted by molar-refractivity contribution is -0.149. The molecule has 6 nitrogen and oxygen atoms in total. The molecule has 2 aliphatic rings. The van der Waals surface area contributed by atoms with Crippen molar-refractivity contribution in [1.29, 1.82) is 0 Å². The summed E-state index contributed by atoms with van der Waals surface area (Å²) in [4.78, 5) is 22.4. The number of carboxylic acids is 1. The Labute approximate surface area is 119 Å². The highest BCUT2D eigenvalue weighted by molar-refractivity contribution is 5.74. The maximum absolute atomic E-state index is 11.7. The molecule has 4 atom stereocenters. The van der Waals surface area contributed by atoms with Crippen LogP contribution in [-0.2, 0) is 9.53 Å². The molecule has 0 bridgehead atoms. The minimum absolute atomic E-state index is 0.188. The Morgan fingerprint density at radius 3 is 2.50 bits per heavy atom. The van der Waals surface area contributed by atoms with Crippen molar-refractivity contribution in [3.8, 4) is 0 Å². The maximum Gasteiger partial charge on any atom is 0.332 e. The number of carbonyl (C=O) groups is 2. The van der Waals surface area contributed by atoms with Gasteiger partial charge in [-0.1, -0.05) is 19.8 Å². The number of hydrogen-bond acceptors (Lipinski definition) is 3. The Bertz CT molecular complexity index is 361. The zero-order chi connectivity index (χ0) is 14.5. The van der Waals surface area contributed by atoms with Crippen LogP contribution >= 0.6 is 0 Å². The van der Waals surface area contributed by atoms with E-state index in [0.29, 0.717) is 31.2 Å². The van der Waals surface area contributed by atoms with Crippen molar-refractivity contribution in [2.24, 2.45) is 11.8 Å². The summed E-state index contributed by atoms with van der Waals surface area (Å²) in [6.07, 6.45) is 3.98. The molecule has 0 aromatic heterocycles. The van der Waals surface area contributed by atoms with Crippen molar-refractivity contribution in [1.82, 2.24) is 10.6 Å². The van der Waals surface area contributed by atoms with E-state index in [1.165, 1.54) is 19.3 Å². The monoisotopic (exact) mass is 284 g/mol. The van der Waals surface area contributed by atoms with Gasteiger partial charge in [0.25, 0.3) is 0 Å².